The van der Waals surface area contributed by atoms with Crippen LogP contribution in [-0.4, -0.2) is 4.99 Å². The predicted molar refractivity (Wildman–Crippen MR) is 78.2 cm³/mol. The van der Waals surface area contributed by atoms with E-state index in [0.717, 1.165) is 23.3 Å². The molecule has 2 aromatic carbocycles. The lowest BCUT2D eigenvalue weighted by Gasteiger charge is -2.12. The fraction of sp³-hybridized carbons (Fsp3) is 0.133. The number of benzene rings is 2. The lowest BCUT2D eigenvalue weighted by atomic mass is 10.1. The van der Waals surface area contributed by atoms with Crippen LogP contribution < -0.4 is 10.5 Å². The van der Waals surface area contributed by atoms with Gasteiger partial charge in [-0.2, -0.15) is 0 Å². The van der Waals surface area contributed by atoms with E-state index in [-0.39, 0.29) is 10.6 Å². The summed E-state index contributed by atoms with van der Waals surface area (Å²) < 4.78 is 33.1. The van der Waals surface area contributed by atoms with Crippen molar-refractivity contribution in [3.05, 3.63) is 58.7 Å². The van der Waals surface area contributed by atoms with Gasteiger partial charge in [-0.15, -0.1) is 0 Å². The van der Waals surface area contributed by atoms with Crippen molar-refractivity contribution >= 4 is 17.2 Å². The van der Waals surface area contributed by atoms with Gasteiger partial charge in [0.15, 0.2) is 17.4 Å². The van der Waals surface area contributed by atoms with E-state index in [2.05, 4.69) is 0 Å². The topological polar surface area (TPSA) is 35.2 Å². The molecule has 0 amide bonds. The lowest BCUT2D eigenvalue weighted by Crippen LogP contribution is -2.10. The first-order chi connectivity index (χ1) is 9.38. The van der Waals surface area contributed by atoms with Crippen LogP contribution in [-0.2, 0) is 0 Å². The van der Waals surface area contributed by atoms with Crippen LogP contribution in [0.15, 0.2) is 30.3 Å². The summed E-state index contributed by atoms with van der Waals surface area (Å²) in [7, 11) is 0. The maximum Gasteiger partial charge on any atom is 0.198 e. The van der Waals surface area contributed by atoms with Crippen molar-refractivity contribution in [3.63, 3.8) is 0 Å². The monoisotopic (exact) mass is 293 g/mol. The molecule has 0 aromatic heterocycles. The van der Waals surface area contributed by atoms with Gasteiger partial charge < -0.3 is 10.5 Å². The zero-order valence-corrected chi connectivity index (χ0v) is 11.9. The molecule has 0 saturated heterocycles. The SMILES string of the molecule is Cc1ccc(Oc2c(F)cc(C(N)=S)cc2F)c(C)c1. The zero-order valence-electron chi connectivity index (χ0n) is 11.0. The van der Waals surface area contributed by atoms with Gasteiger partial charge in [0, 0.05) is 5.56 Å². The van der Waals surface area contributed by atoms with Crippen molar-refractivity contribution in [1.29, 1.82) is 0 Å². The fourth-order valence-electron chi connectivity index (χ4n) is 1.82. The second kappa shape index (κ2) is 5.54. The summed E-state index contributed by atoms with van der Waals surface area (Å²) in [5.41, 5.74) is 7.32. The van der Waals surface area contributed by atoms with Crippen LogP contribution in [0.3, 0.4) is 0 Å². The number of thiocarbonyl (C=S) groups is 1. The predicted octanol–water partition coefficient (Wildman–Crippen LogP) is 4.01. The van der Waals surface area contributed by atoms with Gasteiger partial charge in [0.25, 0.3) is 0 Å². The van der Waals surface area contributed by atoms with E-state index in [1.54, 1.807) is 6.07 Å². The van der Waals surface area contributed by atoms with Gasteiger partial charge in [0.05, 0.1) is 0 Å². The summed E-state index contributed by atoms with van der Waals surface area (Å²) in [5, 5.41) is 0. The molecular formula is C15H13F2NOS. The summed E-state index contributed by atoms with van der Waals surface area (Å²) in [6, 6.07) is 7.47. The minimum absolute atomic E-state index is 0.0686. The van der Waals surface area contributed by atoms with E-state index < -0.39 is 17.4 Å². The Morgan fingerprint density at radius 2 is 1.70 bits per heavy atom. The highest BCUT2D eigenvalue weighted by atomic mass is 32.1. The van der Waals surface area contributed by atoms with Gasteiger partial charge in [-0.3, -0.25) is 0 Å². The molecule has 0 radical (unpaired) electrons. The van der Waals surface area contributed by atoms with Gasteiger partial charge in [-0.25, -0.2) is 8.78 Å². The van der Waals surface area contributed by atoms with Crippen molar-refractivity contribution in [1.82, 2.24) is 0 Å². The van der Waals surface area contributed by atoms with Crippen LogP contribution in [0.25, 0.3) is 0 Å². The van der Waals surface area contributed by atoms with Crippen molar-refractivity contribution in [2.24, 2.45) is 5.73 Å². The van der Waals surface area contributed by atoms with Crippen molar-refractivity contribution in [2.75, 3.05) is 0 Å². The Balaban J connectivity index is 2.41. The molecule has 104 valence electrons. The fourth-order valence-corrected chi connectivity index (χ4v) is 1.94. The summed E-state index contributed by atoms with van der Waals surface area (Å²) in [6.45, 7) is 3.73. The highest BCUT2D eigenvalue weighted by molar-refractivity contribution is 7.80. The van der Waals surface area contributed by atoms with Crippen LogP contribution >= 0.6 is 12.2 Å². The third-order valence-electron chi connectivity index (χ3n) is 2.83. The van der Waals surface area contributed by atoms with E-state index >= 15 is 0 Å². The third-order valence-corrected chi connectivity index (χ3v) is 3.06. The molecule has 0 aliphatic heterocycles. The minimum atomic E-state index is -0.840. The average Bonchev–Trinajstić information content (AvgIpc) is 2.35. The molecule has 0 aliphatic rings. The molecule has 0 aliphatic carbocycles. The molecule has 0 fully saturated rings. The van der Waals surface area contributed by atoms with Gasteiger partial charge in [-0.05, 0) is 37.6 Å². The first-order valence-electron chi connectivity index (χ1n) is 5.92. The maximum absolute atomic E-state index is 13.9. The molecule has 0 saturated carbocycles. The molecule has 2 aromatic rings. The van der Waals surface area contributed by atoms with Crippen LogP contribution in [0.2, 0.25) is 0 Å². The molecule has 0 bridgehead atoms. The second-order valence-electron chi connectivity index (χ2n) is 4.50. The van der Waals surface area contributed by atoms with E-state index in [0.29, 0.717) is 5.75 Å². The Morgan fingerprint density at radius 3 is 2.20 bits per heavy atom. The number of nitrogens with two attached hydrogens (primary N) is 1. The van der Waals surface area contributed by atoms with Gasteiger partial charge in [0.1, 0.15) is 10.7 Å². The lowest BCUT2D eigenvalue weighted by molar-refractivity contribution is 0.405. The van der Waals surface area contributed by atoms with E-state index in [1.807, 2.05) is 26.0 Å². The number of halogens is 2. The number of rotatable bonds is 3. The molecule has 2 rings (SSSR count). The van der Waals surface area contributed by atoms with E-state index in [1.165, 1.54) is 0 Å². The average molecular weight is 293 g/mol. The largest absolute Gasteiger partial charge is 0.451 e. The summed E-state index contributed by atoms with van der Waals surface area (Å²) in [6.07, 6.45) is 0. The number of ether oxygens (including phenoxy) is 1. The molecule has 20 heavy (non-hydrogen) atoms. The van der Waals surface area contributed by atoms with E-state index in [9.17, 15) is 8.78 Å². The molecule has 2 N–H and O–H groups in total. The third kappa shape index (κ3) is 2.93. The Bertz CT molecular complexity index is 663. The van der Waals surface area contributed by atoms with Crippen LogP contribution in [0.1, 0.15) is 16.7 Å². The first kappa shape index (κ1) is 14.4. The normalized spacial score (nSPS) is 10.4. The van der Waals surface area contributed by atoms with E-state index in [4.69, 9.17) is 22.7 Å². The number of hydrogen-bond donors (Lipinski definition) is 1. The standard InChI is InChI=1S/C15H13F2NOS/c1-8-3-4-13(9(2)5-8)19-14-11(16)6-10(15(18)20)7-12(14)17/h3-7H,1-2H3,(H2,18,20). The van der Waals surface area contributed by atoms with Gasteiger partial charge >= 0.3 is 0 Å². The quantitative estimate of drug-likeness (QED) is 0.868. The second-order valence-corrected chi connectivity index (χ2v) is 4.94. The highest BCUT2D eigenvalue weighted by Gasteiger charge is 2.15. The first-order valence-corrected chi connectivity index (χ1v) is 6.33. The van der Waals surface area contributed by atoms with Crippen molar-refractivity contribution in [2.45, 2.75) is 13.8 Å². The Labute approximate surface area is 121 Å². The Kier molecular flexibility index (Phi) is 3.99. The molecule has 0 heterocycles. The highest BCUT2D eigenvalue weighted by Crippen LogP contribution is 2.30. The zero-order chi connectivity index (χ0) is 14.9. The van der Waals surface area contributed by atoms with Gasteiger partial charge in [-0.1, -0.05) is 29.9 Å². The molecule has 5 heteroatoms. The van der Waals surface area contributed by atoms with Crippen molar-refractivity contribution < 1.29 is 13.5 Å². The number of aryl methyl sites for hydroxylation is 2. The summed E-state index contributed by atoms with van der Waals surface area (Å²) in [5.74, 6) is -1.74. The number of hydrogen-bond acceptors (Lipinski definition) is 2. The molecule has 0 unspecified atom stereocenters. The summed E-state index contributed by atoms with van der Waals surface area (Å²) in [4.78, 5) is -0.0686. The Hall–Kier alpha value is -2.01. The van der Waals surface area contributed by atoms with Crippen molar-refractivity contribution in [3.8, 4) is 11.5 Å². The summed E-state index contributed by atoms with van der Waals surface area (Å²) >= 11 is 4.69. The molecule has 2 nitrogen and oxygen atoms in total. The van der Waals surface area contributed by atoms with Gasteiger partial charge in [0.2, 0.25) is 0 Å². The smallest absolute Gasteiger partial charge is 0.198 e. The Morgan fingerprint density at radius 1 is 1.10 bits per heavy atom. The molecular weight excluding hydrogens is 280 g/mol. The minimum Gasteiger partial charge on any atom is -0.451 e. The van der Waals surface area contributed by atoms with Crippen LogP contribution in [0.5, 0.6) is 11.5 Å². The van der Waals surface area contributed by atoms with Crippen LogP contribution in [0, 0.1) is 25.5 Å². The van der Waals surface area contributed by atoms with Crippen LogP contribution in [0.4, 0.5) is 8.78 Å². The molecule has 0 spiro atoms. The molecule has 0 atom stereocenters. The maximum atomic E-state index is 13.9.